The van der Waals surface area contributed by atoms with Gasteiger partial charge in [-0.3, -0.25) is 19.2 Å². The molecule has 0 unspecified atom stereocenters. The number of fused-ring (bicyclic) bond motifs is 3. The lowest BCUT2D eigenvalue weighted by molar-refractivity contribution is -0.144. The van der Waals surface area contributed by atoms with E-state index in [-0.39, 0.29) is 41.9 Å². The van der Waals surface area contributed by atoms with Gasteiger partial charge in [0.1, 0.15) is 22.8 Å². The van der Waals surface area contributed by atoms with Gasteiger partial charge in [0.25, 0.3) is 0 Å². The summed E-state index contributed by atoms with van der Waals surface area (Å²) in [5.74, 6) is -6.43. The van der Waals surface area contributed by atoms with Crippen molar-refractivity contribution in [2.24, 2.45) is 11.8 Å². The van der Waals surface area contributed by atoms with Crippen molar-refractivity contribution >= 4 is 23.1 Å². The predicted octanol–water partition coefficient (Wildman–Crippen LogP) is 3.01. The normalized spacial score (nSPS) is 26.8. The van der Waals surface area contributed by atoms with Crippen LogP contribution in [0.5, 0.6) is 5.75 Å². The van der Waals surface area contributed by atoms with E-state index in [0.717, 1.165) is 12.5 Å². The maximum absolute atomic E-state index is 13.6. The lowest BCUT2D eigenvalue weighted by Gasteiger charge is -2.46. The van der Waals surface area contributed by atoms with E-state index in [2.05, 4.69) is 0 Å². The summed E-state index contributed by atoms with van der Waals surface area (Å²) in [5.41, 5.74) is -2.16. The highest BCUT2D eigenvalue weighted by molar-refractivity contribution is 6.25. The van der Waals surface area contributed by atoms with Crippen molar-refractivity contribution in [3.63, 3.8) is 0 Å². The molecule has 3 aliphatic carbocycles. The molecule has 0 amide bonds. The van der Waals surface area contributed by atoms with Crippen LogP contribution in [0.1, 0.15) is 78.3 Å². The molecule has 0 aliphatic heterocycles. The quantitative estimate of drug-likeness (QED) is 0.402. The van der Waals surface area contributed by atoms with Gasteiger partial charge in [-0.15, -0.1) is 0 Å². The average Bonchev–Trinajstić information content (AvgIpc) is 2.70. The zero-order valence-corrected chi connectivity index (χ0v) is 18.9. The molecule has 0 saturated heterocycles. The Hall–Kier alpha value is -3.26. The molecular formula is C25H26O8. The molecule has 174 valence electrons. The van der Waals surface area contributed by atoms with Crippen LogP contribution >= 0.6 is 0 Å². The van der Waals surface area contributed by atoms with Crippen LogP contribution in [0.2, 0.25) is 0 Å². The molecule has 1 aromatic rings. The van der Waals surface area contributed by atoms with Gasteiger partial charge in [0.15, 0.2) is 23.0 Å². The van der Waals surface area contributed by atoms with E-state index < -0.39 is 63.4 Å². The van der Waals surface area contributed by atoms with Gasteiger partial charge in [-0.25, -0.2) is 0 Å². The standard InChI is InChI=1S/C25H26O8/c1-9(2)14-8-15(10(3)26)21(29)20-16(14)6-12-5-13-7-17(28)18(11(4)27)23(31)25(13,33)24(32)19(12)22(20)30/h8-9,12-13,28-29,32-33H,5-7H2,1-4H3/t12-,13+,25-/m0/s1. The van der Waals surface area contributed by atoms with Crippen molar-refractivity contribution < 1.29 is 39.6 Å². The van der Waals surface area contributed by atoms with Crippen LogP contribution in [-0.4, -0.2) is 49.2 Å². The van der Waals surface area contributed by atoms with Crippen LogP contribution in [0.25, 0.3) is 0 Å². The van der Waals surface area contributed by atoms with Crippen molar-refractivity contribution in [2.45, 2.75) is 58.5 Å². The molecule has 0 spiro atoms. The molecule has 4 N–H and O–H groups in total. The average molecular weight is 454 g/mol. The molecule has 0 radical (unpaired) electrons. The Balaban J connectivity index is 1.96. The molecular weight excluding hydrogens is 428 g/mol. The fourth-order valence-corrected chi connectivity index (χ4v) is 5.61. The zero-order chi connectivity index (χ0) is 24.6. The van der Waals surface area contributed by atoms with Gasteiger partial charge in [-0.05, 0) is 55.7 Å². The van der Waals surface area contributed by atoms with Gasteiger partial charge >= 0.3 is 0 Å². The number of benzene rings is 1. The van der Waals surface area contributed by atoms with Crippen LogP contribution in [0, 0.1) is 11.8 Å². The van der Waals surface area contributed by atoms with E-state index >= 15 is 0 Å². The van der Waals surface area contributed by atoms with Gasteiger partial charge < -0.3 is 20.4 Å². The summed E-state index contributed by atoms with van der Waals surface area (Å²) in [7, 11) is 0. The molecule has 3 atom stereocenters. The predicted molar refractivity (Wildman–Crippen MR) is 116 cm³/mol. The topological polar surface area (TPSA) is 149 Å². The molecule has 33 heavy (non-hydrogen) atoms. The van der Waals surface area contributed by atoms with Crippen molar-refractivity contribution in [1.82, 2.24) is 0 Å². The van der Waals surface area contributed by atoms with Gasteiger partial charge in [0.2, 0.25) is 5.78 Å². The zero-order valence-electron chi connectivity index (χ0n) is 18.9. The van der Waals surface area contributed by atoms with Crippen molar-refractivity contribution in [3.8, 4) is 5.75 Å². The van der Waals surface area contributed by atoms with E-state index in [1.54, 1.807) is 6.07 Å². The van der Waals surface area contributed by atoms with Crippen LogP contribution < -0.4 is 0 Å². The minimum atomic E-state index is -2.53. The number of carbonyl (C=O) groups excluding carboxylic acids is 4. The summed E-state index contributed by atoms with van der Waals surface area (Å²) >= 11 is 0. The van der Waals surface area contributed by atoms with Gasteiger partial charge in [-0.2, -0.15) is 0 Å². The van der Waals surface area contributed by atoms with E-state index in [1.807, 2.05) is 13.8 Å². The number of hydrogen-bond acceptors (Lipinski definition) is 8. The Morgan fingerprint density at radius 1 is 1.06 bits per heavy atom. The number of phenolic OH excluding ortho intramolecular Hbond substituents is 1. The third kappa shape index (κ3) is 3.00. The highest BCUT2D eigenvalue weighted by Gasteiger charge is 2.59. The molecule has 1 aromatic carbocycles. The summed E-state index contributed by atoms with van der Waals surface area (Å²) < 4.78 is 0. The number of aliphatic hydroxyl groups excluding tert-OH is 2. The molecule has 0 heterocycles. The molecule has 0 aromatic heterocycles. The summed E-state index contributed by atoms with van der Waals surface area (Å²) in [6.45, 7) is 6.14. The largest absolute Gasteiger partial charge is 0.511 e. The molecule has 8 heteroatoms. The third-order valence-electron chi connectivity index (χ3n) is 7.20. The van der Waals surface area contributed by atoms with Crippen molar-refractivity contribution in [2.75, 3.05) is 0 Å². The molecule has 0 fully saturated rings. The lowest BCUT2D eigenvalue weighted by Crippen LogP contribution is -2.56. The first-order chi connectivity index (χ1) is 15.3. The number of phenols is 1. The number of Topliss-reactive ketones (excluding diaryl/α,β-unsaturated/α-hetero) is 4. The second-order valence-corrected chi connectivity index (χ2v) is 9.53. The van der Waals surface area contributed by atoms with E-state index in [1.165, 1.54) is 6.92 Å². The summed E-state index contributed by atoms with van der Waals surface area (Å²) in [5, 5.41) is 43.5. The van der Waals surface area contributed by atoms with Gasteiger partial charge in [0, 0.05) is 17.9 Å². The molecule has 0 bridgehead atoms. The highest BCUT2D eigenvalue weighted by atomic mass is 16.3. The Morgan fingerprint density at radius 3 is 2.24 bits per heavy atom. The minimum absolute atomic E-state index is 0.0165. The van der Waals surface area contributed by atoms with Crippen molar-refractivity contribution in [3.05, 3.63) is 51.0 Å². The van der Waals surface area contributed by atoms with Crippen LogP contribution in [0.4, 0.5) is 0 Å². The Labute approximate surface area is 190 Å². The third-order valence-corrected chi connectivity index (χ3v) is 7.20. The Bertz CT molecular complexity index is 1220. The summed E-state index contributed by atoms with van der Waals surface area (Å²) in [6, 6.07) is 1.58. The van der Waals surface area contributed by atoms with Gasteiger partial charge in [0.05, 0.1) is 11.1 Å². The first kappa shape index (κ1) is 22.9. The van der Waals surface area contributed by atoms with E-state index in [0.29, 0.717) is 5.56 Å². The monoisotopic (exact) mass is 454 g/mol. The fourth-order valence-electron chi connectivity index (χ4n) is 5.61. The van der Waals surface area contributed by atoms with Crippen LogP contribution in [0.15, 0.2) is 28.7 Å². The Kier molecular flexibility index (Phi) is 5.13. The number of rotatable bonds is 3. The summed E-state index contributed by atoms with van der Waals surface area (Å²) in [4.78, 5) is 50.7. The van der Waals surface area contributed by atoms with Crippen LogP contribution in [-0.2, 0) is 16.0 Å². The first-order valence-corrected chi connectivity index (χ1v) is 10.9. The lowest BCUT2D eigenvalue weighted by atomic mass is 9.59. The SMILES string of the molecule is CC(=O)C1=C(O)C[C@H]2C[C@H]3Cc4c(C(C)C)cc(C(C)=O)c(O)c4C(=O)C3=C(O)[C@@]2(O)C1=O. The van der Waals surface area contributed by atoms with E-state index in [4.69, 9.17) is 0 Å². The smallest absolute Gasteiger partial charge is 0.209 e. The Morgan fingerprint density at radius 2 is 1.70 bits per heavy atom. The fraction of sp³-hybridized carbons (Fsp3) is 0.440. The number of ketones is 4. The number of allylic oxidation sites excluding steroid dienone is 2. The highest BCUT2D eigenvalue weighted by Crippen LogP contribution is 2.52. The number of aliphatic hydroxyl groups is 3. The molecule has 4 rings (SSSR count). The second-order valence-electron chi connectivity index (χ2n) is 9.53. The molecule has 3 aliphatic rings. The number of carbonyl (C=O) groups is 4. The minimum Gasteiger partial charge on any atom is -0.511 e. The second kappa shape index (κ2) is 7.38. The van der Waals surface area contributed by atoms with Crippen LogP contribution in [0.3, 0.4) is 0 Å². The summed E-state index contributed by atoms with van der Waals surface area (Å²) in [6.07, 6.45) is 0.150. The maximum atomic E-state index is 13.6. The number of aromatic hydroxyl groups is 1. The van der Waals surface area contributed by atoms with Crippen molar-refractivity contribution in [1.29, 1.82) is 0 Å². The maximum Gasteiger partial charge on any atom is 0.209 e. The van der Waals surface area contributed by atoms with E-state index in [9.17, 15) is 39.6 Å². The van der Waals surface area contributed by atoms with Gasteiger partial charge in [-0.1, -0.05) is 13.8 Å². The molecule has 8 nitrogen and oxygen atoms in total. The molecule has 0 saturated carbocycles. The number of hydrogen-bond donors (Lipinski definition) is 4. The first-order valence-electron chi connectivity index (χ1n) is 10.9.